The molecule has 0 saturated heterocycles. The highest BCUT2D eigenvalue weighted by Crippen LogP contribution is 2.35. The van der Waals surface area contributed by atoms with Gasteiger partial charge in [0, 0.05) is 16.5 Å². The van der Waals surface area contributed by atoms with Crippen LogP contribution in [0, 0.1) is 0 Å². The number of hydrogen-bond acceptors (Lipinski definition) is 4. The minimum absolute atomic E-state index is 0.336. The van der Waals surface area contributed by atoms with Gasteiger partial charge < -0.3 is 19.8 Å². The molecule has 1 aromatic carbocycles. The second-order valence-corrected chi connectivity index (χ2v) is 5.91. The summed E-state index contributed by atoms with van der Waals surface area (Å²) in [5.41, 5.74) is 2.63. The van der Waals surface area contributed by atoms with Crippen LogP contribution in [0.5, 0.6) is 0 Å². The molecule has 3 rings (SSSR count). The summed E-state index contributed by atoms with van der Waals surface area (Å²) in [5, 5.41) is 20.3. The number of ether oxygens (including phenoxy) is 1. The first-order chi connectivity index (χ1) is 10.6. The van der Waals surface area contributed by atoms with Crippen molar-refractivity contribution in [3.05, 3.63) is 29.3 Å². The lowest BCUT2D eigenvalue weighted by Gasteiger charge is -2.22. The first-order valence-electron chi connectivity index (χ1n) is 7.71. The number of carbonyl (C=O) groups excluding carboxylic acids is 1. The van der Waals surface area contributed by atoms with Crippen molar-refractivity contribution < 1.29 is 19.6 Å². The number of nitrogens with one attached hydrogen (secondary N) is 1. The van der Waals surface area contributed by atoms with Gasteiger partial charge in [-0.15, -0.1) is 0 Å². The molecule has 0 bridgehead atoms. The molecule has 116 valence electrons. The lowest BCUT2D eigenvalue weighted by atomic mass is 9.75. The summed E-state index contributed by atoms with van der Waals surface area (Å²) in [4.78, 5) is 14.7. The quantitative estimate of drug-likeness (QED) is 0.595. The van der Waals surface area contributed by atoms with E-state index in [0.717, 1.165) is 29.3 Å². The summed E-state index contributed by atoms with van der Waals surface area (Å²) < 4.78 is 4.73. The lowest BCUT2D eigenvalue weighted by molar-refractivity contribution is 0.0601. The van der Waals surface area contributed by atoms with Crippen LogP contribution in [0.3, 0.4) is 0 Å². The fraction of sp³-hybridized carbons (Fsp3) is 0.438. The number of fused-ring (bicyclic) bond motifs is 1. The van der Waals surface area contributed by atoms with E-state index in [2.05, 4.69) is 4.98 Å². The van der Waals surface area contributed by atoms with Crippen molar-refractivity contribution >= 4 is 29.6 Å². The van der Waals surface area contributed by atoms with Gasteiger partial charge in [-0.2, -0.15) is 0 Å². The molecule has 0 spiro atoms. The number of methoxy groups -OCH3 is 1. The Morgan fingerprint density at radius 1 is 1.27 bits per heavy atom. The van der Waals surface area contributed by atoms with Gasteiger partial charge in [0.15, 0.2) is 0 Å². The Balaban J connectivity index is 2.11. The minimum Gasteiger partial charge on any atom is -0.465 e. The largest absolute Gasteiger partial charge is 0.506 e. The number of carbonyl (C=O) groups is 1. The summed E-state index contributed by atoms with van der Waals surface area (Å²) in [6.45, 7) is 0. The van der Waals surface area contributed by atoms with Crippen molar-refractivity contribution in [2.45, 2.75) is 38.0 Å². The molecule has 0 unspecified atom stereocenters. The molecule has 1 aromatic heterocycles. The van der Waals surface area contributed by atoms with Gasteiger partial charge in [0.25, 0.3) is 0 Å². The van der Waals surface area contributed by atoms with Crippen LogP contribution in [0.25, 0.3) is 10.9 Å². The molecular weight excluding hydrogens is 281 g/mol. The summed E-state index contributed by atoms with van der Waals surface area (Å²) in [5.74, 6) is -0.0647. The van der Waals surface area contributed by atoms with Crippen molar-refractivity contribution in [3.8, 4) is 0 Å². The van der Waals surface area contributed by atoms with Crippen LogP contribution in [0.4, 0.5) is 0 Å². The number of H-pyrrole nitrogens is 1. The molecule has 1 fully saturated rings. The van der Waals surface area contributed by atoms with Crippen molar-refractivity contribution in [2.75, 3.05) is 7.11 Å². The van der Waals surface area contributed by atoms with E-state index in [1.807, 2.05) is 6.07 Å². The number of benzene rings is 1. The first-order valence-corrected chi connectivity index (χ1v) is 7.71. The van der Waals surface area contributed by atoms with E-state index < -0.39 is 13.1 Å². The summed E-state index contributed by atoms with van der Waals surface area (Å²) in [6, 6.07) is 5.30. The molecular formula is C16H20BNO4. The molecule has 22 heavy (non-hydrogen) atoms. The zero-order chi connectivity index (χ0) is 15.7. The predicted molar refractivity (Wildman–Crippen MR) is 85.3 cm³/mol. The molecule has 0 radical (unpaired) electrons. The molecule has 1 aliphatic rings. The second-order valence-electron chi connectivity index (χ2n) is 5.91. The van der Waals surface area contributed by atoms with E-state index >= 15 is 0 Å². The van der Waals surface area contributed by atoms with Crippen LogP contribution in [0.1, 0.15) is 53.9 Å². The summed E-state index contributed by atoms with van der Waals surface area (Å²) in [7, 11) is -0.191. The van der Waals surface area contributed by atoms with Gasteiger partial charge in [-0.1, -0.05) is 25.3 Å². The van der Waals surface area contributed by atoms with E-state index in [1.54, 1.807) is 12.1 Å². The Morgan fingerprint density at radius 2 is 2.00 bits per heavy atom. The maximum absolute atomic E-state index is 11.6. The monoisotopic (exact) mass is 301 g/mol. The lowest BCUT2D eigenvalue weighted by Crippen LogP contribution is -2.35. The van der Waals surface area contributed by atoms with Crippen LogP contribution in [0.15, 0.2) is 18.2 Å². The molecule has 0 atom stereocenters. The van der Waals surface area contributed by atoms with Gasteiger partial charge >= 0.3 is 13.1 Å². The molecule has 2 aromatic rings. The second kappa shape index (κ2) is 6.14. The van der Waals surface area contributed by atoms with Gasteiger partial charge in [0.2, 0.25) is 0 Å². The number of aromatic nitrogens is 1. The number of hydrogen-bond donors (Lipinski definition) is 3. The number of rotatable bonds is 3. The van der Waals surface area contributed by atoms with E-state index in [0.29, 0.717) is 17.1 Å². The third-order valence-corrected chi connectivity index (χ3v) is 4.56. The molecule has 0 aliphatic heterocycles. The zero-order valence-electron chi connectivity index (χ0n) is 12.6. The predicted octanol–water partition coefficient (Wildman–Crippen LogP) is 1.68. The van der Waals surface area contributed by atoms with E-state index in [9.17, 15) is 14.8 Å². The maximum Gasteiger partial charge on any atom is 0.506 e. The van der Waals surface area contributed by atoms with Gasteiger partial charge in [0.1, 0.15) is 0 Å². The van der Waals surface area contributed by atoms with Crippen LogP contribution < -0.4 is 5.59 Å². The fourth-order valence-electron chi connectivity index (χ4n) is 3.52. The average Bonchev–Trinajstić information content (AvgIpc) is 2.93. The third-order valence-electron chi connectivity index (χ3n) is 4.56. The van der Waals surface area contributed by atoms with Crippen molar-refractivity contribution in [1.29, 1.82) is 0 Å². The van der Waals surface area contributed by atoms with Gasteiger partial charge in [-0.3, -0.25) is 0 Å². The smallest absolute Gasteiger partial charge is 0.465 e. The number of esters is 1. The third kappa shape index (κ3) is 2.64. The fourth-order valence-corrected chi connectivity index (χ4v) is 3.52. The normalized spacial score (nSPS) is 16.0. The van der Waals surface area contributed by atoms with Gasteiger partial charge in [0.05, 0.1) is 12.7 Å². The Hall–Kier alpha value is -1.79. The molecule has 3 N–H and O–H groups in total. The van der Waals surface area contributed by atoms with Crippen LogP contribution in [0.2, 0.25) is 0 Å². The van der Waals surface area contributed by atoms with Crippen molar-refractivity contribution in [3.63, 3.8) is 0 Å². The maximum atomic E-state index is 11.6. The Kier molecular flexibility index (Phi) is 4.22. The van der Waals surface area contributed by atoms with Gasteiger partial charge in [-0.25, -0.2) is 4.79 Å². The molecule has 0 amide bonds. The van der Waals surface area contributed by atoms with Crippen molar-refractivity contribution in [1.82, 2.24) is 4.98 Å². The Bertz CT molecular complexity index is 689. The van der Waals surface area contributed by atoms with Gasteiger partial charge in [-0.05, 0) is 36.5 Å². The summed E-state index contributed by atoms with van der Waals surface area (Å²) >= 11 is 0. The highest BCUT2D eigenvalue weighted by molar-refractivity contribution is 6.59. The van der Waals surface area contributed by atoms with E-state index in [4.69, 9.17) is 4.74 Å². The Morgan fingerprint density at radius 3 is 2.64 bits per heavy atom. The molecule has 1 saturated carbocycles. The highest BCUT2D eigenvalue weighted by atomic mass is 16.5. The standard InChI is InChI=1S/C16H20BNO4/c1-22-16(19)11-7-8-12-13(9-11)18-15(17(20)21)14(12)10-5-3-2-4-6-10/h7-10,18,20-21H,2-6H2,1H3. The van der Waals surface area contributed by atoms with E-state index in [1.165, 1.54) is 26.4 Å². The van der Waals surface area contributed by atoms with Crippen LogP contribution in [-0.2, 0) is 4.74 Å². The topological polar surface area (TPSA) is 82.6 Å². The van der Waals surface area contributed by atoms with Crippen molar-refractivity contribution in [2.24, 2.45) is 0 Å². The Labute approximate surface area is 129 Å². The SMILES string of the molecule is COC(=O)c1ccc2c(C3CCCCC3)c(B(O)O)[nH]c2c1. The van der Waals surface area contributed by atoms with Crippen LogP contribution >= 0.6 is 0 Å². The molecule has 5 nitrogen and oxygen atoms in total. The minimum atomic E-state index is -1.54. The molecule has 1 aliphatic carbocycles. The molecule has 6 heteroatoms. The number of aromatic amines is 1. The van der Waals surface area contributed by atoms with E-state index in [-0.39, 0.29) is 0 Å². The summed E-state index contributed by atoms with van der Waals surface area (Å²) in [6.07, 6.45) is 5.69. The van der Waals surface area contributed by atoms with Crippen LogP contribution in [-0.4, -0.2) is 35.2 Å². The zero-order valence-corrected chi connectivity index (χ0v) is 12.6. The highest BCUT2D eigenvalue weighted by Gasteiger charge is 2.28. The molecule has 1 heterocycles. The first kappa shape index (κ1) is 15.1. The average molecular weight is 301 g/mol.